The first-order chi connectivity index (χ1) is 7.88. The normalized spacial score (nSPS) is 11.2. The van der Waals surface area contributed by atoms with Gasteiger partial charge in [-0.15, -0.1) is 11.3 Å². The van der Waals surface area contributed by atoms with Gasteiger partial charge in [0.05, 0.1) is 4.88 Å². The van der Waals surface area contributed by atoms with E-state index in [4.69, 9.17) is 0 Å². The molecule has 1 N–H and O–H groups in total. The van der Waals surface area contributed by atoms with Crippen LogP contribution in [0.1, 0.15) is 22.5 Å². The van der Waals surface area contributed by atoms with Crippen molar-refractivity contribution in [2.45, 2.75) is 19.0 Å². The van der Waals surface area contributed by atoms with Crippen LogP contribution in [0.3, 0.4) is 0 Å². The molecule has 0 aliphatic rings. The second-order valence-corrected chi connectivity index (χ2v) is 4.24. The highest BCUT2D eigenvalue weighted by Gasteiger charge is 2.27. The van der Waals surface area contributed by atoms with E-state index >= 15 is 0 Å². The minimum Gasteiger partial charge on any atom is -0.347 e. The lowest BCUT2D eigenvalue weighted by Gasteiger charge is -2.07. The van der Waals surface area contributed by atoms with Crippen molar-refractivity contribution >= 4 is 23.0 Å². The first kappa shape index (κ1) is 13.7. The lowest BCUT2D eigenvalue weighted by molar-refractivity contribution is -0.138. The van der Waals surface area contributed by atoms with Gasteiger partial charge in [0.2, 0.25) is 5.91 Å². The van der Waals surface area contributed by atoms with Crippen LogP contribution in [0, 0.1) is 0 Å². The van der Waals surface area contributed by atoms with Crippen LogP contribution in [0.15, 0.2) is 17.5 Å². The third kappa shape index (κ3) is 5.48. The molecule has 0 aromatic carbocycles. The van der Waals surface area contributed by atoms with Crippen molar-refractivity contribution in [2.75, 3.05) is 6.54 Å². The average Bonchev–Trinajstić information content (AvgIpc) is 2.75. The molecule has 0 atom stereocenters. The van der Waals surface area contributed by atoms with E-state index in [0.717, 1.165) is 0 Å². The summed E-state index contributed by atoms with van der Waals surface area (Å²) in [6, 6.07) is 3.31. The van der Waals surface area contributed by atoms with E-state index < -0.39 is 18.6 Å². The zero-order chi connectivity index (χ0) is 12.9. The van der Waals surface area contributed by atoms with Gasteiger partial charge in [-0.3, -0.25) is 9.59 Å². The number of hydrogen-bond acceptors (Lipinski definition) is 3. The van der Waals surface area contributed by atoms with Crippen molar-refractivity contribution in [3.63, 3.8) is 0 Å². The summed E-state index contributed by atoms with van der Waals surface area (Å²) in [6.45, 7) is -1.36. The summed E-state index contributed by atoms with van der Waals surface area (Å²) in [6.07, 6.45) is -4.73. The Hall–Kier alpha value is -1.37. The lowest BCUT2D eigenvalue weighted by Crippen LogP contribution is -2.33. The molecule has 0 aliphatic carbocycles. The fourth-order valence-electron chi connectivity index (χ4n) is 1.07. The number of alkyl halides is 3. The summed E-state index contributed by atoms with van der Waals surface area (Å²) in [7, 11) is 0. The molecule has 0 saturated carbocycles. The van der Waals surface area contributed by atoms with E-state index in [1.807, 2.05) is 0 Å². The van der Waals surface area contributed by atoms with Crippen molar-refractivity contribution in [1.29, 1.82) is 0 Å². The second-order valence-electron chi connectivity index (χ2n) is 3.29. The number of rotatable bonds is 5. The Morgan fingerprint density at radius 3 is 2.53 bits per heavy atom. The van der Waals surface area contributed by atoms with Gasteiger partial charge >= 0.3 is 6.18 Å². The summed E-state index contributed by atoms with van der Waals surface area (Å²) < 4.78 is 35.3. The molecule has 0 radical (unpaired) electrons. The topological polar surface area (TPSA) is 46.2 Å². The van der Waals surface area contributed by atoms with Gasteiger partial charge in [-0.2, -0.15) is 13.2 Å². The fraction of sp³-hybridized carbons (Fsp3) is 0.400. The van der Waals surface area contributed by atoms with Crippen LogP contribution < -0.4 is 5.32 Å². The van der Waals surface area contributed by atoms with E-state index in [9.17, 15) is 22.8 Å². The molecule has 1 amide bonds. The highest BCUT2D eigenvalue weighted by molar-refractivity contribution is 7.12. The summed E-state index contributed by atoms with van der Waals surface area (Å²) in [5.41, 5.74) is 0. The Bertz CT molecular complexity index is 387. The number of carbonyl (C=O) groups is 2. The number of hydrogen-bond donors (Lipinski definition) is 1. The predicted molar refractivity (Wildman–Crippen MR) is 56.9 cm³/mol. The molecule has 0 bridgehead atoms. The zero-order valence-electron chi connectivity index (χ0n) is 8.71. The Morgan fingerprint density at radius 1 is 1.29 bits per heavy atom. The molecule has 0 unspecified atom stereocenters. The van der Waals surface area contributed by atoms with E-state index in [-0.39, 0.29) is 18.6 Å². The Labute approximate surface area is 99.6 Å². The van der Waals surface area contributed by atoms with Crippen molar-refractivity contribution in [3.8, 4) is 0 Å². The third-order valence-corrected chi connectivity index (χ3v) is 2.77. The van der Waals surface area contributed by atoms with Gasteiger partial charge in [0.1, 0.15) is 6.54 Å². The van der Waals surface area contributed by atoms with Crippen molar-refractivity contribution < 1.29 is 22.8 Å². The van der Waals surface area contributed by atoms with Crippen LogP contribution >= 0.6 is 11.3 Å². The smallest absolute Gasteiger partial charge is 0.347 e. The van der Waals surface area contributed by atoms with Crippen molar-refractivity contribution in [3.05, 3.63) is 22.4 Å². The van der Waals surface area contributed by atoms with Gasteiger partial charge in [-0.25, -0.2) is 0 Å². The summed E-state index contributed by atoms with van der Waals surface area (Å²) >= 11 is 1.24. The first-order valence-electron chi connectivity index (χ1n) is 4.78. The number of ketones is 1. The molecule has 1 aromatic heterocycles. The number of Topliss-reactive ketones (excluding diaryl/α,β-unsaturated/α-hetero) is 1. The molecular formula is C10H10F3NO2S. The molecule has 0 spiro atoms. The number of thiophene rings is 1. The highest BCUT2D eigenvalue weighted by Crippen LogP contribution is 2.13. The molecule has 3 nitrogen and oxygen atoms in total. The quantitative estimate of drug-likeness (QED) is 0.831. The Morgan fingerprint density at radius 2 is 2.00 bits per heavy atom. The molecule has 0 aliphatic heterocycles. The number of nitrogens with one attached hydrogen (secondary N) is 1. The van der Waals surface area contributed by atoms with Gasteiger partial charge in [-0.05, 0) is 11.4 Å². The molecule has 1 rings (SSSR count). The zero-order valence-corrected chi connectivity index (χ0v) is 9.53. The maximum absolute atomic E-state index is 11.8. The minimum absolute atomic E-state index is 0.0792. The lowest BCUT2D eigenvalue weighted by atomic mass is 10.2. The maximum Gasteiger partial charge on any atom is 0.405 e. The largest absolute Gasteiger partial charge is 0.405 e. The SMILES string of the molecule is O=C(CCC(=O)c1cccs1)NCC(F)(F)F. The minimum atomic E-state index is -4.42. The molecule has 0 fully saturated rings. The number of halogens is 3. The van der Waals surface area contributed by atoms with Gasteiger partial charge < -0.3 is 5.32 Å². The molecular weight excluding hydrogens is 255 g/mol. The summed E-state index contributed by atoms with van der Waals surface area (Å²) in [5, 5.41) is 3.43. The van der Waals surface area contributed by atoms with Crippen LogP contribution in [0.5, 0.6) is 0 Å². The molecule has 17 heavy (non-hydrogen) atoms. The van der Waals surface area contributed by atoms with E-state index in [0.29, 0.717) is 4.88 Å². The highest BCUT2D eigenvalue weighted by atomic mass is 32.1. The summed E-state index contributed by atoms with van der Waals surface area (Å²) in [4.78, 5) is 22.9. The van der Waals surface area contributed by atoms with Gasteiger partial charge in [-0.1, -0.05) is 6.07 Å². The molecule has 94 valence electrons. The Kier molecular flexibility index (Phi) is 4.68. The molecule has 0 saturated heterocycles. The van der Waals surface area contributed by atoms with Gasteiger partial charge in [0.15, 0.2) is 5.78 Å². The molecule has 1 aromatic rings. The first-order valence-corrected chi connectivity index (χ1v) is 5.66. The van der Waals surface area contributed by atoms with Crippen LogP contribution in [0.2, 0.25) is 0 Å². The van der Waals surface area contributed by atoms with Gasteiger partial charge in [0.25, 0.3) is 0 Å². The van der Waals surface area contributed by atoms with Crippen LogP contribution in [-0.4, -0.2) is 24.4 Å². The van der Waals surface area contributed by atoms with E-state index in [1.54, 1.807) is 22.8 Å². The van der Waals surface area contributed by atoms with Crippen molar-refractivity contribution in [2.24, 2.45) is 0 Å². The van der Waals surface area contributed by atoms with Crippen molar-refractivity contribution in [1.82, 2.24) is 5.32 Å². The van der Waals surface area contributed by atoms with Crippen LogP contribution in [-0.2, 0) is 4.79 Å². The molecule has 1 heterocycles. The standard InChI is InChI=1S/C10H10F3NO2S/c11-10(12,13)6-14-9(16)4-3-7(15)8-2-1-5-17-8/h1-2,5H,3-4,6H2,(H,14,16). The van der Waals surface area contributed by atoms with E-state index in [2.05, 4.69) is 0 Å². The van der Waals surface area contributed by atoms with Gasteiger partial charge in [0, 0.05) is 12.8 Å². The third-order valence-electron chi connectivity index (χ3n) is 1.86. The predicted octanol–water partition coefficient (Wildman–Crippen LogP) is 2.39. The Balaban J connectivity index is 2.27. The monoisotopic (exact) mass is 265 g/mol. The van der Waals surface area contributed by atoms with E-state index in [1.165, 1.54) is 11.3 Å². The molecule has 7 heteroatoms. The van der Waals surface area contributed by atoms with Crippen LogP contribution in [0.25, 0.3) is 0 Å². The average molecular weight is 265 g/mol. The number of amides is 1. The maximum atomic E-state index is 11.8. The fourth-order valence-corrected chi connectivity index (χ4v) is 1.77. The second kappa shape index (κ2) is 5.81. The number of carbonyl (C=O) groups excluding carboxylic acids is 2. The summed E-state index contributed by atoms with van der Waals surface area (Å²) in [5.74, 6) is -1.01. The van der Waals surface area contributed by atoms with Crippen LogP contribution in [0.4, 0.5) is 13.2 Å².